The van der Waals surface area contributed by atoms with Crippen molar-refractivity contribution in [2.45, 2.75) is 66.0 Å². The van der Waals surface area contributed by atoms with E-state index in [2.05, 4.69) is 89.2 Å². The van der Waals surface area contributed by atoms with E-state index in [4.69, 9.17) is 4.12 Å². The van der Waals surface area contributed by atoms with E-state index in [1.165, 1.54) is 0 Å². The Hall–Kier alpha value is -0.0979. The Morgan fingerprint density at radius 2 is 1.08 bits per heavy atom. The Labute approximate surface area is 183 Å². The molecule has 0 saturated carbocycles. The van der Waals surface area contributed by atoms with Gasteiger partial charge < -0.3 is 36.2 Å². The third kappa shape index (κ3) is 15.0. The molecule has 0 saturated heterocycles. The van der Waals surface area contributed by atoms with E-state index >= 15 is 0 Å². The van der Waals surface area contributed by atoms with Crippen molar-refractivity contribution in [3.05, 3.63) is 59.2 Å². The standard InChI is InChI=1S/C9H18N2.C8H18OSi2.3CH3.Pt/c1-8(2)10-5-6-11(7-10)9(3)4;1-7-10(3,4)9-11(5,6)8-2;;;;/h5-6,8-9H,7H2,1-4H3;7-8H,1-2H2,3-6H3;3*1H3;/q;;3*-1;. The average Bonchev–Trinajstić information content (AvgIpc) is 2.88. The van der Waals surface area contributed by atoms with Crippen LogP contribution in [0.4, 0.5) is 0 Å². The summed E-state index contributed by atoms with van der Waals surface area (Å²) in [6.45, 7) is 26.1. The predicted octanol–water partition coefficient (Wildman–Crippen LogP) is 6.06. The number of hydrogen-bond acceptors (Lipinski definition) is 3. The molecular formula is C20H45N2OPtSi2-3. The molecule has 1 aliphatic heterocycles. The Bertz CT molecular complexity index is 363. The van der Waals surface area contributed by atoms with Crippen LogP contribution < -0.4 is 0 Å². The van der Waals surface area contributed by atoms with E-state index in [0.717, 1.165) is 6.67 Å². The van der Waals surface area contributed by atoms with Crippen LogP contribution in [-0.4, -0.2) is 45.2 Å². The summed E-state index contributed by atoms with van der Waals surface area (Å²) in [5.74, 6) is 0. The van der Waals surface area contributed by atoms with Crippen molar-refractivity contribution in [3.8, 4) is 0 Å². The molecule has 0 atom stereocenters. The molecule has 1 aliphatic rings. The van der Waals surface area contributed by atoms with Gasteiger partial charge in [-0.2, -0.15) is 0 Å². The van der Waals surface area contributed by atoms with Crippen molar-refractivity contribution in [2.75, 3.05) is 6.67 Å². The zero-order chi connectivity index (χ0) is 17.6. The minimum Gasteiger partial charge on any atom is -0.449 e. The summed E-state index contributed by atoms with van der Waals surface area (Å²) >= 11 is 0. The van der Waals surface area contributed by atoms with Crippen molar-refractivity contribution in [1.82, 2.24) is 9.80 Å². The molecule has 3 nitrogen and oxygen atoms in total. The smallest absolute Gasteiger partial charge is 0.198 e. The quantitative estimate of drug-likeness (QED) is 0.281. The van der Waals surface area contributed by atoms with Gasteiger partial charge in [0.05, 0.1) is 6.67 Å². The average molecular weight is 581 g/mol. The van der Waals surface area contributed by atoms with Crippen LogP contribution >= 0.6 is 0 Å². The Morgan fingerprint density at radius 3 is 1.23 bits per heavy atom. The second-order valence-electron chi connectivity index (χ2n) is 7.37. The number of nitrogens with zero attached hydrogens (tertiary/aromatic N) is 2. The second kappa shape index (κ2) is 15.9. The van der Waals surface area contributed by atoms with Gasteiger partial charge in [0.2, 0.25) is 0 Å². The maximum absolute atomic E-state index is 5.97. The molecule has 0 aromatic heterocycles. The van der Waals surface area contributed by atoms with Crippen LogP contribution in [0.2, 0.25) is 26.2 Å². The molecule has 0 aliphatic carbocycles. The first-order valence-electron chi connectivity index (χ1n) is 8.11. The van der Waals surface area contributed by atoms with Gasteiger partial charge in [-0.25, -0.2) is 0 Å². The third-order valence-electron chi connectivity index (χ3n) is 3.61. The zero-order valence-electron chi connectivity index (χ0n) is 19.2. The maximum atomic E-state index is 5.97. The van der Waals surface area contributed by atoms with Gasteiger partial charge in [0.25, 0.3) is 0 Å². The monoisotopic (exact) mass is 580 g/mol. The molecule has 0 amide bonds. The van der Waals surface area contributed by atoms with Gasteiger partial charge in [-0.05, 0) is 53.9 Å². The van der Waals surface area contributed by atoms with E-state index in [1.807, 2.05) is 11.4 Å². The molecule has 162 valence electrons. The molecule has 0 unspecified atom stereocenters. The molecule has 1 heterocycles. The second-order valence-corrected chi connectivity index (χ2v) is 15.4. The van der Waals surface area contributed by atoms with Crippen LogP contribution in [0.25, 0.3) is 0 Å². The van der Waals surface area contributed by atoms with E-state index in [9.17, 15) is 0 Å². The van der Waals surface area contributed by atoms with Crippen LogP contribution in [-0.2, 0) is 25.2 Å². The minimum absolute atomic E-state index is 0. The largest absolute Gasteiger partial charge is 0.449 e. The molecule has 0 spiro atoms. The summed E-state index contributed by atoms with van der Waals surface area (Å²) in [6, 6.07) is 1.24. The molecule has 0 aromatic rings. The fourth-order valence-electron chi connectivity index (χ4n) is 1.89. The van der Waals surface area contributed by atoms with Crippen molar-refractivity contribution in [3.63, 3.8) is 0 Å². The first-order chi connectivity index (χ1) is 9.94. The SMILES string of the molecule is C=C[Si](C)(C)O[Si](C)(C)C=C.CC(C)N1C=CN(C(C)C)C1.[CH3-].[CH3-].[CH3-].[Pt]. The molecule has 0 radical (unpaired) electrons. The molecule has 0 aromatic carbocycles. The number of rotatable bonds is 6. The van der Waals surface area contributed by atoms with Gasteiger partial charge in [0.1, 0.15) is 0 Å². The van der Waals surface area contributed by atoms with Gasteiger partial charge >= 0.3 is 0 Å². The normalized spacial score (nSPS) is 12.8. The summed E-state index contributed by atoms with van der Waals surface area (Å²) < 4.78 is 5.97. The van der Waals surface area contributed by atoms with Crippen LogP contribution in [0, 0.1) is 22.3 Å². The Morgan fingerprint density at radius 1 is 0.808 bits per heavy atom. The van der Waals surface area contributed by atoms with E-state index in [0.29, 0.717) is 12.1 Å². The van der Waals surface area contributed by atoms with Gasteiger partial charge in [0.15, 0.2) is 16.6 Å². The topological polar surface area (TPSA) is 15.7 Å². The van der Waals surface area contributed by atoms with Gasteiger partial charge in [-0.1, -0.05) is 11.4 Å². The Kier molecular flexibility index (Phi) is 22.5. The molecule has 0 fully saturated rings. The first kappa shape index (κ1) is 36.8. The fourth-order valence-corrected chi connectivity index (χ4v) is 7.98. The van der Waals surface area contributed by atoms with Crippen molar-refractivity contribution >= 4 is 16.6 Å². The fraction of sp³-hybridized carbons (Fsp3) is 0.550. The van der Waals surface area contributed by atoms with Crippen LogP contribution in [0.1, 0.15) is 27.7 Å². The zero-order valence-corrected chi connectivity index (χ0v) is 23.5. The minimum atomic E-state index is -1.58. The predicted molar refractivity (Wildman–Crippen MR) is 124 cm³/mol. The van der Waals surface area contributed by atoms with Gasteiger partial charge in [-0.3, -0.25) is 0 Å². The molecule has 0 N–H and O–H groups in total. The van der Waals surface area contributed by atoms with Crippen molar-refractivity contribution in [2.24, 2.45) is 0 Å². The summed E-state index contributed by atoms with van der Waals surface area (Å²) in [6.07, 6.45) is 4.34. The van der Waals surface area contributed by atoms with Crippen LogP contribution in [0.5, 0.6) is 0 Å². The molecule has 26 heavy (non-hydrogen) atoms. The number of hydrogen-bond donors (Lipinski definition) is 0. The van der Waals surface area contributed by atoms with Crippen LogP contribution in [0.3, 0.4) is 0 Å². The van der Waals surface area contributed by atoms with Gasteiger partial charge in [0, 0.05) is 45.5 Å². The van der Waals surface area contributed by atoms with E-state index in [-0.39, 0.29) is 43.3 Å². The summed E-state index contributed by atoms with van der Waals surface area (Å²) in [4.78, 5) is 4.67. The van der Waals surface area contributed by atoms with E-state index in [1.54, 1.807) is 0 Å². The summed E-state index contributed by atoms with van der Waals surface area (Å²) in [7, 11) is -3.16. The maximum Gasteiger partial charge on any atom is 0.198 e. The van der Waals surface area contributed by atoms with Crippen molar-refractivity contribution in [1.29, 1.82) is 0 Å². The van der Waals surface area contributed by atoms with E-state index < -0.39 is 16.6 Å². The molecule has 0 bridgehead atoms. The third-order valence-corrected chi connectivity index (χ3v) is 9.79. The van der Waals surface area contributed by atoms with Gasteiger partial charge in [-0.15, -0.1) is 13.2 Å². The summed E-state index contributed by atoms with van der Waals surface area (Å²) in [5.41, 5.74) is 3.93. The summed E-state index contributed by atoms with van der Waals surface area (Å²) in [5, 5.41) is 0. The first-order valence-corrected chi connectivity index (χ1v) is 14.1. The molecular weight excluding hydrogens is 535 g/mol. The molecule has 6 heteroatoms. The molecule has 1 rings (SSSR count). The van der Waals surface area contributed by atoms with Crippen molar-refractivity contribution < 1.29 is 25.2 Å². The van der Waals surface area contributed by atoms with Crippen LogP contribution in [0.15, 0.2) is 37.0 Å². The Balaban J connectivity index is -0.0000000980.